The maximum Gasteiger partial charge on any atom is 0.413 e. The van der Waals surface area contributed by atoms with Crippen LogP contribution in [0.1, 0.15) is 47.8 Å². The van der Waals surface area contributed by atoms with Gasteiger partial charge in [-0.05, 0) is 29.0 Å². The molecule has 0 spiro atoms. The summed E-state index contributed by atoms with van der Waals surface area (Å²) in [5, 5.41) is 9.29. The fraction of sp³-hybridized carbons (Fsp3) is 0.276. The molecule has 0 aliphatic heterocycles. The standard InChI is InChI=1S/C29H28F3N3O2/c1-19(2)18-25(34)28(37)35(17-16-33)27(29(30,31)32)24-11-7-6-10-23(24)20-12-14-22(15-13-20)26(36)21-8-4-3-5-9-21/h3-15,19,25,27H,17-18,34H2,1-2H3/t25-,27-/m0/s1. The normalized spacial score (nSPS) is 13.0. The molecule has 3 aromatic rings. The summed E-state index contributed by atoms with van der Waals surface area (Å²) in [7, 11) is 0. The van der Waals surface area contributed by atoms with E-state index in [0.29, 0.717) is 21.6 Å². The van der Waals surface area contributed by atoms with E-state index in [4.69, 9.17) is 5.73 Å². The number of benzene rings is 3. The molecule has 8 heteroatoms. The van der Waals surface area contributed by atoms with Crippen molar-refractivity contribution >= 4 is 11.7 Å². The first-order chi connectivity index (χ1) is 17.5. The van der Waals surface area contributed by atoms with Crippen molar-refractivity contribution in [1.82, 2.24) is 4.90 Å². The third-order valence-electron chi connectivity index (χ3n) is 5.94. The van der Waals surface area contributed by atoms with Crippen LogP contribution in [0.3, 0.4) is 0 Å². The van der Waals surface area contributed by atoms with Crippen LogP contribution in [-0.4, -0.2) is 35.4 Å². The summed E-state index contributed by atoms with van der Waals surface area (Å²) >= 11 is 0. The molecule has 37 heavy (non-hydrogen) atoms. The first-order valence-electron chi connectivity index (χ1n) is 11.8. The number of alkyl halides is 3. The molecule has 0 heterocycles. The summed E-state index contributed by atoms with van der Waals surface area (Å²) in [5.74, 6) is -1.16. The molecule has 0 unspecified atom stereocenters. The second-order valence-corrected chi connectivity index (χ2v) is 9.16. The fourth-order valence-corrected chi connectivity index (χ4v) is 4.27. The molecule has 3 rings (SSSR count). The Morgan fingerprint density at radius 1 is 0.919 bits per heavy atom. The number of hydrogen-bond donors (Lipinski definition) is 1. The van der Waals surface area contributed by atoms with E-state index in [9.17, 15) is 28.0 Å². The van der Waals surface area contributed by atoms with E-state index >= 15 is 0 Å². The number of nitriles is 1. The molecule has 1 amide bonds. The summed E-state index contributed by atoms with van der Waals surface area (Å²) in [6.45, 7) is 2.85. The number of nitrogens with two attached hydrogens (primary N) is 1. The quantitative estimate of drug-likeness (QED) is 0.288. The highest BCUT2D eigenvalue weighted by molar-refractivity contribution is 6.09. The van der Waals surface area contributed by atoms with Crippen LogP contribution < -0.4 is 5.73 Å². The Bertz CT molecular complexity index is 1270. The second-order valence-electron chi connectivity index (χ2n) is 9.16. The van der Waals surface area contributed by atoms with E-state index in [1.165, 1.54) is 18.2 Å². The van der Waals surface area contributed by atoms with Crippen LogP contribution in [0.4, 0.5) is 13.2 Å². The smallest absolute Gasteiger partial charge is 0.320 e. The van der Waals surface area contributed by atoms with E-state index in [1.54, 1.807) is 66.7 Å². The van der Waals surface area contributed by atoms with Gasteiger partial charge in [-0.25, -0.2) is 0 Å². The lowest BCUT2D eigenvalue weighted by Crippen LogP contribution is -2.50. The Morgan fingerprint density at radius 3 is 2.05 bits per heavy atom. The maximum absolute atomic E-state index is 14.5. The zero-order chi connectivity index (χ0) is 27.2. The van der Waals surface area contributed by atoms with Gasteiger partial charge in [-0.2, -0.15) is 18.4 Å². The predicted molar refractivity (Wildman–Crippen MR) is 135 cm³/mol. The van der Waals surface area contributed by atoms with E-state index in [1.807, 2.05) is 13.8 Å². The third kappa shape index (κ3) is 6.63. The molecule has 2 N–H and O–H groups in total. The minimum absolute atomic E-state index is 0.0170. The van der Waals surface area contributed by atoms with Gasteiger partial charge in [-0.1, -0.05) is 92.7 Å². The van der Waals surface area contributed by atoms with Gasteiger partial charge in [0.25, 0.3) is 0 Å². The van der Waals surface area contributed by atoms with Gasteiger partial charge < -0.3 is 10.6 Å². The lowest BCUT2D eigenvalue weighted by molar-refractivity contribution is -0.191. The molecular weight excluding hydrogens is 479 g/mol. The minimum Gasteiger partial charge on any atom is -0.320 e. The molecule has 0 aliphatic carbocycles. The largest absolute Gasteiger partial charge is 0.413 e. The van der Waals surface area contributed by atoms with Crippen LogP contribution in [0.25, 0.3) is 11.1 Å². The van der Waals surface area contributed by atoms with E-state index in [0.717, 1.165) is 0 Å². The Morgan fingerprint density at radius 2 is 1.49 bits per heavy atom. The molecule has 0 aromatic heterocycles. The molecule has 0 saturated carbocycles. The Labute approximate surface area is 214 Å². The lowest BCUT2D eigenvalue weighted by atomic mass is 9.91. The van der Waals surface area contributed by atoms with Crippen LogP contribution in [0.2, 0.25) is 0 Å². The van der Waals surface area contributed by atoms with Crippen molar-refractivity contribution in [2.45, 2.75) is 38.5 Å². The van der Waals surface area contributed by atoms with Crippen molar-refractivity contribution in [2.75, 3.05) is 6.54 Å². The van der Waals surface area contributed by atoms with Gasteiger partial charge in [0.05, 0.1) is 12.1 Å². The molecule has 0 radical (unpaired) electrons. The van der Waals surface area contributed by atoms with Crippen LogP contribution in [0.15, 0.2) is 78.9 Å². The average Bonchev–Trinajstić information content (AvgIpc) is 2.87. The number of ketones is 1. The van der Waals surface area contributed by atoms with Crippen molar-refractivity contribution in [3.8, 4) is 17.2 Å². The maximum atomic E-state index is 14.5. The van der Waals surface area contributed by atoms with Crippen molar-refractivity contribution in [3.63, 3.8) is 0 Å². The molecule has 5 nitrogen and oxygen atoms in total. The van der Waals surface area contributed by atoms with Gasteiger partial charge in [-0.3, -0.25) is 9.59 Å². The molecule has 0 saturated heterocycles. The number of hydrogen-bond acceptors (Lipinski definition) is 4. The summed E-state index contributed by atoms with van der Waals surface area (Å²) in [6.07, 6.45) is -4.69. The third-order valence-corrected chi connectivity index (χ3v) is 5.94. The summed E-state index contributed by atoms with van der Waals surface area (Å²) < 4.78 is 43.6. The van der Waals surface area contributed by atoms with Crippen LogP contribution in [-0.2, 0) is 4.79 Å². The summed E-state index contributed by atoms with van der Waals surface area (Å²) in [4.78, 5) is 26.3. The highest BCUT2D eigenvalue weighted by Crippen LogP contribution is 2.42. The van der Waals surface area contributed by atoms with E-state index < -0.39 is 30.7 Å². The molecule has 3 aromatic carbocycles. The van der Waals surface area contributed by atoms with Gasteiger partial charge in [0.15, 0.2) is 11.8 Å². The average molecular weight is 508 g/mol. The Kier molecular flexibility index (Phi) is 8.85. The number of carbonyl (C=O) groups excluding carboxylic acids is 2. The molecule has 0 fully saturated rings. The minimum atomic E-state index is -4.87. The number of rotatable bonds is 9. The first kappa shape index (κ1) is 27.6. The molecule has 192 valence electrons. The van der Waals surface area contributed by atoms with Crippen molar-refractivity contribution in [3.05, 3.63) is 95.6 Å². The summed E-state index contributed by atoms with van der Waals surface area (Å²) in [6, 6.07) is 18.9. The van der Waals surface area contributed by atoms with Crippen molar-refractivity contribution in [1.29, 1.82) is 5.26 Å². The van der Waals surface area contributed by atoms with Gasteiger partial charge in [0, 0.05) is 11.1 Å². The number of halogens is 3. The van der Waals surface area contributed by atoms with E-state index in [2.05, 4.69) is 0 Å². The van der Waals surface area contributed by atoms with E-state index in [-0.39, 0.29) is 29.2 Å². The lowest BCUT2D eigenvalue weighted by Gasteiger charge is -2.34. The number of nitrogens with zero attached hydrogens (tertiary/aromatic N) is 2. The van der Waals surface area contributed by atoms with Gasteiger partial charge >= 0.3 is 6.18 Å². The topological polar surface area (TPSA) is 87.2 Å². The molecule has 0 aliphatic rings. The Hall–Kier alpha value is -3.96. The van der Waals surface area contributed by atoms with Gasteiger partial charge in [-0.15, -0.1) is 0 Å². The highest BCUT2D eigenvalue weighted by Gasteiger charge is 2.48. The zero-order valence-corrected chi connectivity index (χ0v) is 20.6. The zero-order valence-electron chi connectivity index (χ0n) is 20.6. The first-order valence-corrected chi connectivity index (χ1v) is 11.8. The second kappa shape index (κ2) is 11.8. The van der Waals surface area contributed by atoms with Crippen LogP contribution >= 0.6 is 0 Å². The van der Waals surface area contributed by atoms with Gasteiger partial charge in [0.2, 0.25) is 5.91 Å². The SMILES string of the molecule is CC(C)C[C@H](N)C(=O)N(CC#N)[C@@H](c1ccccc1-c1ccc(C(=O)c2ccccc2)cc1)C(F)(F)F. The number of carbonyl (C=O) groups is 2. The molecule has 0 bridgehead atoms. The molecular formula is C29H28F3N3O2. The van der Waals surface area contributed by atoms with Crippen molar-refractivity contribution < 1.29 is 22.8 Å². The Balaban J connectivity index is 2.04. The summed E-state index contributed by atoms with van der Waals surface area (Å²) in [5.41, 5.74) is 7.32. The van der Waals surface area contributed by atoms with Crippen molar-refractivity contribution in [2.24, 2.45) is 11.7 Å². The van der Waals surface area contributed by atoms with Gasteiger partial charge in [0.1, 0.15) is 6.54 Å². The highest BCUT2D eigenvalue weighted by atomic mass is 19.4. The fourth-order valence-electron chi connectivity index (χ4n) is 4.27. The predicted octanol–water partition coefficient (Wildman–Crippen LogP) is 5.91. The van der Waals surface area contributed by atoms with Crippen LogP contribution in [0.5, 0.6) is 0 Å². The molecule has 2 atom stereocenters. The van der Waals surface area contributed by atoms with Crippen LogP contribution in [0, 0.1) is 17.2 Å². The number of amides is 1. The monoisotopic (exact) mass is 507 g/mol.